The number of rotatable bonds is 7. The fraction of sp³-hybridized carbons (Fsp3) is 0.600. The van der Waals surface area contributed by atoms with E-state index in [1.165, 1.54) is 0 Å². The Hall–Kier alpha value is -0.580. The first kappa shape index (κ1) is 16.5. The predicted molar refractivity (Wildman–Crippen MR) is 82.7 cm³/mol. The predicted octanol–water partition coefficient (Wildman–Crippen LogP) is 3.41. The molecule has 2 N–H and O–H groups in total. The Morgan fingerprint density at radius 3 is 2.47 bits per heavy atom. The highest BCUT2D eigenvalue weighted by Crippen LogP contribution is 2.29. The van der Waals surface area contributed by atoms with E-state index >= 15 is 0 Å². The number of benzene rings is 1. The normalized spacial score (nSPS) is 11.7. The zero-order valence-corrected chi connectivity index (χ0v) is 13.8. The van der Waals surface area contributed by atoms with Gasteiger partial charge in [0.15, 0.2) is 0 Å². The van der Waals surface area contributed by atoms with E-state index in [0.29, 0.717) is 19.4 Å². The highest BCUT2D eigenvalue weighted by Gasteiger charge is 2.24. The van der Waals surface area contributed by atoms with E-state index in [9.17, 15) is 5.11 Å². The van der Waals surface area contributed by atoms with Gasteiger partial charge in [-0.25, -0.2) is 0 Å². The second kappa shape index (κ2) is 7.27. The summed E-state index contributed by atoms with van der Waals surface area (Å²) in [7, 11) is 1.91. The first-order valence-electron chi connectivity index (χ1n) is 6.74. The summed E-state index contributed by atoms with van der Waals surface area (Å²) >= 11 is 3.50. The minimum atomic E-state index is -0.740. The maximum absolute atomic E-state index is 10.3. The molecule has 0 aromatic heterocycles. The molecule has 108 valence electrons. The molecule has 0 saturated heterocycles. The zero-order valence-electron chi connectivity index (χ0n) is 12.2. The highest BCUT2D eigenvalue weighted by atomic mass is 79.9. The number of aliphatic hydroxyl groups is 1. The molecular formula is C15H24BrNO2. The van der Waals surface area contributed by atoms with Gasteiger partial charge in [0.2, 0.25) is 0 Å². The van der Waals surface area contributed by atoms with Crippen LogP contribution in [-0.4, -0.2) is 24.4 Å². The summed E-state index contributed by atoms with van der Waals surface area (Å²) in [6.45, 7) is 7.06. The Labute approximate surface area is 124 Å². The van der Waals surface area contributed by atoms with E-state index in [1.54, 1.807) is 0 Å². The van der Waals surface area contributed by atoms with E-state index in [-0.39, 0.29) is 0 Å². The van der Waals surface area contributed by atoms with Crippen LogP contribution in [-0.2, 0) is 6.54 Å². The van der Waals surface area contributed by atoms with E-state index in [0.717, 1.165) is 27.9 Å². The van der Waals surface area contributed by atoms with Crippen LogP contribution < -0.4 is 10.1 Å². The van der Waals surface area contributed by atoms with Crippen LogP contribution in [0, 0.1) is 6.92 Å². The lowest BCUT2D eigenvalue weighted by Crippen LogP contribution is -2.34. The van der Waals surface area contributed by atoms with Crippen LogP contribution in [0.1, 0.15) is 37.8 Å². The summed E-state index contributed by atoms with van der Waals surface area (Å²) < 4.78 is 6.96. The Bertz CT molecular complexity index is 417. The molecule has 1 rings (SSSR count). The molecule has 0 aliphatic carbocycles. The quantitative estimate of drug-likeness (QED) is 0.805. The van der Waals surface area contributed by atoms with Crippen molar-refractivity contribution in [2.45, 2.75) is 45.8 Å². The summed E-state index contributed by atoms with van der Waals surface area (Å²) in [5.74, 6) is 0.873. The van der Waals surface area contributed by atoms with Crippen molar-refractivity contribution >= 4 is 15.9 Å². The smallest absolute Gasteiger partial charge is 0.126 e. The molecular weight excluding hydrogens is 306 g/mol. The number of nitrogens with one attached hydrogen (secondary N) is 1. The van der Waals surface area contributed by atoms with Gasteiger partial charge in [-0.3, -0.25) is 0 Å². The second-order valence-electron chi connectivity index (χ2n) is 4.96. The third kappa shape index (κ3) is 4.48. The fourth-order valence-electron chi connectivity index (χ4n) is 1.99. The Kier molecular flexibility index (Phi) is 6.30. The first-order valence-corrected chi connectivity index (χ1v) is 7.54. The SMILES string of the molecule is CCC(O)(CC)COc1c(C)cc(Br)cc1CNC. The van der Waals surface area contributed by atoms with Gasteiger partial charge in [0, 0.05) is 16.6 Å². The van der Waals surface area contributed by atoms with Gasteiger partial charge in [-0.05, 0) is 44.5 Å². The van der Waals surface area contributed by atoms with Gasteiger partial charge in [-0.15, -0.1) is 0 Å². The third-order valence-electron chi connectivity index (χ3n) is 3.48. The van der Waals surface area contributed by atoms with Crippen molar-refractivity contribution in [3.8, 4) is 5.75 Å². The van der Waals surface area contributed by atoms with Crippen LogP contribution in [0.5, 0.6) is 5.75 Å². The Morgan fingerprint density at radius 2 is 1.95 bits per heavy atom. The second-order valence-corrected chi connectivity index (χ2v) is 5.88. The molecule has 19 heavy (non-hydrogen) atoms. The molecule has 1 aromatic rings. The van der Waals surface area contributed by atoms with Crippen LogP contribution in [0.2, 0.25) is 0 Å². The van der Waals surface area contributed by atoms with Crippen molar-refractivity contribution in [1.29, 1.82) is 0 Å². The summed E-state index contributed by atoms with van der Waals surface area (Å²) in [5, 5.41) is 13.4. The van der Waals surface area contributed by atoms with E-state index < -0.39 is 5.60 Å². The molecule has 0 bridgehead atoms. The molecule has 4 heteroatoms. The lowest BCUT2D eigenvalue weighted by molar-refractivity contribution is -0.0117. The molecule has 0 aliphatic rings. The number of hydrogen-bond acceptors (Lipinski definition) is 3. The molecule has 0 aliphatic heterocycles. The third-order valence-corrected chi connectivity index (χ3v) is 3.94. The molecule has 0 atom stereocenters. The standard InChI is InChI=1S/C15H24BrNO2/c1-5-15(18,6-2)10-19-14-11(3)7-13(16)8-12(14)9-17-4/h7-8,17-18H,5-6,9-10H2,1-4H3. The van der Waals surface area contributed by atoms with Gasteiger partial charge >= 0.3 is 0 Å². The van der Waals surface area contributed by atoms with Gasteiger partial charge < -0.3 is 15.2 Å². The van der Waals surface area contributed by atoms with Gasteiger partial charge in [0.25, 0.3) is 0 Å². The fourth-order valence-corrected chi connectivity index (χ4v) is 2.61. The van der Waals surface area contributed by atoms with Crippen molar-refractivity contribution < 1.29 is 9.84 Å². The average Bonchev–Trinajstić information content (AvgIpc) is 2.37. The minimum absolute atomic E-state index is 0.333. The first-order chi connectivity index (χ1) is 8.95. The van der Waals surface area contributed by atoms with Crippen molar-refractivity contribution in [3.63, 3.8) is 0 Å². The van der Waals surface area contributed by atoms with Crippen LogP contribution in [0.15, 0.2) is 16.6 Å². The molecule has 0 saturated carbocycles. The van der Waals surface area contributed by atoms with Gasteiger partial charge in [-0.1, -0.05) is 29.8 Å². The molecule has 0 unspecified atom stereocenters. The van der Waals surface area contributed by atoms with Crippen LogP contribution in [0.3, 0.4) is 0 Å². The van der Waals surface area contributed by atoms with Crippen molar-refractivity contribution in [2.75, 3.05) is 13.7 Å². The maximum Gasteiger partial charge on any atom is 0.126 e. The Morgan fingerprint density at radius 1 is 1.32 bits per heavy atom. The Balaban J connectivity index is 2.93. The van der Waals surface area contributed by atoms with Crippen molar-refractivity contribution in [2.24, 2.45) is 0 Å². The summed E-state index contributed by atoms with van der Waals surface area (Å²) in [6.07, 6.45) is 1.39. The van der Waals surface area contributed by atoms with Gasteiger partial charge in [-0.2, -0.15) is 0 Å². The monoisotopic (exact) mass is 329 g/mol. The van der Waals surface area contributed by atoms with Gasteiger partial charge in [0.1, 0.15) is 12.4 Å². The molecule has 1 aromatic carbocycles. The van der Waals surface area contributed by atoms with Crippen LogP contribution in [0.4, 0.5) is 0 Å². The minimum Gasteiger partial charge on any atom is -0.490 e. The van der Waals surface area contributed by atoms with E-state index in [1.807, 2.05) is 33.9 Å². The van der Waals surface area contributed by atoms with E-state index in [4.69, 9.17) is 4.74 Å². The maximum atomic E-state index is 10.3. The summed E-state index contributed by atoms with van der Waals surface area (Å²) in [4.78, 5) is 0. The largest absolute Gasteiger partial charge is 0.490 e. The summed E-state index contributed by atoms with van der Waals surface area (Å²) in [5.41, 5.74) is 1.44. The van der Waals surface area contributed by atoms with Crippen LogP contribution in [0.25, 0.3) is 0 Å². The van der Waals surface area contributed by atoms with Crippen molar-refractivity contribution in [1.82, 2.24) is 5.32 Å². The molecule has 0 fully saturated rings. The number of aryl methyl sites for hydroxylation is 1. The number of ether oxygens (including phenoxy) is 1. The molecule has 0 radical (unpaired) electrons. The lowest BCUT2D eigenvalue weighted by Gasteiger charge is -2.26. The topological polar surface area (TPSA) is 41.5 Å². The van der Waals surface area contributed by atoms with Crippen LogP contribution >= 0.6 is 15.9 Å². The average molecular weight is 330 g/mol. The molecule has 0 amide bonds. The molecule has 0 spiro atoms. The zero-order chi connectivity index (χ0) is 14.5. The number of halogens is 1. The van der Waals surface area contributed by atoms with E-state index in [2.05, 4.69) is 27.3 Å². The van der Waals surface area contributed by atoms with Crippen molar-refractivity contribution in [3.05, 3.63) is 27.7 Å². The lowest BCUT2D eigenvalue weighted by atomic mass is 9.99. The molecule has 3 nitrogen and oxygen atoms in total. The highest BCUT2D eigenvalue weighted by molar-refractivity contribution is 9.10. The number of hydrogen-bond donors (Lipinski definition) is 2. The van der Waals surface area contributed by atoms with Gasteiger partial charge in [0.05, 0.1) is 5.60 Å². The molecule has 0 heterocycles. The summed E-state index contributed by atoms with van der Waals surface area (Å²) in [6, 6.07) is 4.08.